The Balaban J connectivity index is 1.68. The molecule has 0 bridgehead atoms. The highest BCUT2D eigenvalue weighted by Crippen LogP contribution is 2.60. The normalized spacial score (nSPS) is 24.1. The van der Waals surface area contributed by atoms with Crippen molar-refractivity contribution in [2.45, 2.75) is 24.9 Å². The highest BCUT2D eigenvalue weighted by atomic mass is 19.1. The summed E-state index contributed by atoms with van der Waals surface area (Å²) < 4.78 is 14.0. The van der Waals surface area contributed by atoms with Gasteiger partial charge in [-0.05, 0) is 30.7 Å². The zero-order valence-corrected chi connectivity index (χ0v) is 17.9. The molecule has 0 unspecified atom stereocenters. The molecule has 4 nitrogen and oxygen atoms in total. The van der Waals surface area contributed by atoms with Gasteiger partial charge in [-0.1, -0.05) is 66.7 Å². The van der Waals surface area contributed by atoms with Crippen molar-refractivity contribution in [2.24, 2.45) is 5.41 Å². The van der Waals surface area contributed by atoms with E-state index in [1.165, 1.54) is 19.1 Å². The largest absolute Gasteiger partial charge is 0.352 e. The molecule has 1 aliphatic carbocycles. The second-order valence-corrected chi connectivity index (χ2v) is 8.93. The average molecular weight is 437 g/mol. The summed E-state index contributed by atoms with van der Waals surface area (Å²) in [5.41, 5.74) is 1.34. The van der Waals surface area contributed by atoms with Gasteiger partial charge in [0, 0.05) is 28.3 Å². The number of benzene rings is 3. The number of rotatable bonds is 2. The number of nitrogens with zero attached hydrogens (tertiary/aromatic N) is 1. The van der Waals surface area contributed by atoms with Crippen molar-refractivity contribution in [2.75, 3.05) is 4.90 Å². The van der Waals surface area contributed by atoms with Gasteiger partial charge in [-0.3, -0.25) is 14.4 Å². The predicted octanol–water partition coefficient (Wildman–Crippen LogP) is 4.85. The van der Waals surface area contributed by atoms with Crippen LogP contribution < -0.4 is 4.90 Å². The molecular formula is C28H20FNO3. The van der Waals surface area contributed by atoms with Crippen LogP contribution in [0, 0.1) is 11.2 Å². The lowest BCUT2D eigenvalue weighted by Gasteiger charge is -2.37. The molecule has 162 valence electrons. The van der Waals surface area contributed by atoms with Gasteiger partial charge in [0.25, 0.3) is 0 Å². The van der Waals surface area contributed by atoms with Gasteiger partial charge < -0.3 is 4.90 Å². The van der Waals surface area contributed by atoms with E-state index < -0.39 is 23.4 Å². The third-order valence-electron chi connectivity index (χ3n) is 7.34. The number of carbonyl (C=O) groups excluding carboxylic acids is 3. The zero-order chi connectivity index (χ0) is 22.9. The number of halogens is 1. The standard InChI is InChI=1S/C28H20FNO3/c1-16(31)25-24(17-7-3-2-4-8-17)28(26(32)20-9-5-6-10-21(20)27(28)33)23-14-11-18-15-19(29)12-13-22(18)30(23)25/h2-15,23-25H,1H3/t23-,24-,25-/m0/s1. The summed E-state index contributed by atoms with van der Waals surface area (Å²) in [4.78, 5) is 43.4. The monoisotopic (exact) mass is 437 g/mol. The molecule has 6 rings (SSSR count). The van der Waals surface area contributed by atoms with Crippen LogP contribution in [0.1, 0.15) is 44.7 Å². The Kier molecular flexibility index (Phi) is 4.09. The minimum absolute atomic E-state index is 0.146. The Morgan fingerprint density at radius 3 is 2.18 bits per heavy atom. The fourth-order valence-corrected chi connectivity index (χ4v) is 6.13. The first-order chi connectivity index (χ1) is 16.0. The van der Waals surface area contributed by atoms with E-state index in [0.29, 0.717) is 22.4 Å². The van der Waals surface area contributed by atoms with Gasteiger partial charge in [0.15, 0.2) is 17.3 Å². The molecule has 33 heavy (non-hydrogen) atoms. The minimum Gasteiger partial charge on any atom is -0.352 e. The molecule has 1 fully saturated rings. The first kappa shape index (κ1) is 19.8. The van der Waals surface area contributed by atoms with Crippen LogP contribution in [0.4, 0.5) is 10.1 Å². The number of carbonyl (C=O) groups is 3. The molecule has 3 aromatic carbocycles. The molecule has 0 aromatic heterocycles. The van der Waals surface area contributed by atoms with Crippen LogP contribution in [-0.2, 0) is 4.79 Å². The maximum atomic E-state index is 14.2. The van der Waals surface area contributed by atoms with Crippen molar-refractivity contribution >= 4 is 29.1 Å². The minimum atomic E-state index is -1.48. The lowest BCUT2D eigenvalue weighted by atomic mass is 9.64. The van der Waals surface area contributed by atoms with Crippen molar-refractivity contribution in [3.8, 4) is 0 Å². The zero-order valence-electron chi connectivity index (χ0n) is 17.9. The molecule has 3 aliphatic rings. The highest BCUT2D eigenvalue weighted by molar-refractivity contribution is 6.32. The van der Waals surface area contributed by atoms with E-state index >= 15 is 0 Å². The molecule has 3 atom stereocenters. The molecule has 2 heterocycles. The summed E-state index contributed by atoms with van der Waals surface area (Å²) in [5.74, 6) is -1.73. The number of anilines is 1. The van der Waals surface area contributed by atoms with Crippen LogP contribution >= 0.6 is 0 Å². The van der Waals surface area contributed by atoms with Crippen molar-refractivity contribution in [1.82, 2.24) is 0 Å². The number of fused-ring (bicyclic) bond motifs is 5. The van der Waals surface area contributed by atoms with Crippen molar-refractivity contribution < 1.29 is 18.8 Å². The Labute approximate surface area is 190 Å². The Bertz CT molecular complexity index is 1340. The first-order valence-electron chi connectivity index (χ1n) is 11.0. The second-order valence-electron chi connectivity index (χ2n) is 8.93. The smallest absolute Gasteiger partial charge is 0.180 e. The second kappa shape index (κ2) is 6.82. The molecular weight excluding hydrogens is 417 g/mol. The maximum Gasteiger partial charge on any atom is 0.180 e. The van der Waals surface area contributed by atoms with Gasteiger partial charge in [-0.25, -0.2) is 4.39 Å². The molecule has 3 aromatic rings. The summed E-state index contributed by atoms with van der Waals surface area (Å²) in [6.45, 7) is 1.50. The number of hydrogen-bond donors (Lipinski definition) is 0. The Morgan fingerprint density at radius 1 is 0.909 bits per heavy atom. The van der Waals surface area contributed by atoms with E-state index in [2.05, 4.69) is 0 Å². The van der Waals surface area contributed by atoms with E-state index in [1.54, 1.807) is 42.5 Å². The topological polar surface area (TPSA) is 54.5 Å². The average Bonchev–Trinajstić information content (AvgIpc) is 3.26. The van der Waals surface area contributed by atoms with E-state index in [0.717, 1.165) is 5.56 Å². The van der Waals surface area contributed by atoms with Gasteiger partial charge in [0.2, 0.25) is 0 Å². The Hall–Kier alpha value is -3.86. The maximum absolute atomic E-state index is 14.2. The molecule has 0 amide bonds. The third kappa shape index (κ3) is 2.42. The molecule has 2 aliphatic heterocycles. The molecule has 1 spiro atoms. The fourth-order valence-electron chi connectivity index (χ4n) is 6.13. The van der Waals surface area contributed by atoms with Gasteiger partial charge in [0.05, 0.1) is 12.1 Å². The van der Waals surface area contributed by atoms with E-state index in [4.69, 9.17) is 0 Å². The van der Waals surface area contributed by atoms with E-state index in [-0.39, 0.29) is 23.2 Å². The number of hydrogen-bond acceptors (Lipinski definition) is 4. The molecule has 1 saturated heterocycles. The van der Waals surface area contributed by atoms with Gasteiger partial charge in [0.1, 0.15) is 11.2 Å². The molecule has 5 heteroatoms. The lowest BCUT2D eigenvalue weighted by molar-refractivity contribution is -0.118. The van der Waals surface area contributed by atoms with Gasteiger partial charge in [-0.15, -0.1) is 0 Å². The van der Waals surface area contributed by atoms with Gasteiger partial charge in [-0.2, -0.15) is 0 Å². The van der Waals surface area contributed by atoms with Crippen LogP contribution in [0.5, 0.6) is 0 Å². The predicted molar refractivity (Wildman–Crippen MR) is 123 cm³/mol. The summed E-state index contributed by atoms with van der Waals surface area (Å²) in [6.07, 6.45) is 3.55. The van der Waals surface area contributed by atoms with Crippen LogP contribution in [0.3, 0.4) is 0 Å². The van der Waals surface area contributed by atoms with Crippen LogP contribution in [0.25, 0.3) is 6.08 Å². The first-order valence-corrected chi connectivity index (χ1v) is 11.0. The van der Waals surface area contributed by atoms with E-state index in [9.17, 15) is 18.8 Å². The summed E-state index contributed by atoms with van der Waals surface area (Å²) in [6, 6.07) is 19.2. The van der Waals surface area contributed by atoms with Crippen molar-refractivity contribution in [3.63, 3.8) is 0 Å². The van der Waals surface area contributed by atoms with E-state index in [1.807, 2.05) is 35.2 Å². The summed E-state index contributed by atoms with van der Waals surface area (Å²) in [7, 11) is 0. The molecule has 0 saturated carbocycles. The molecule has 0 N–H and O–H groups in total. The lowest BCUT2D eigenvalue weighted by Crippen LogP contribution is -2.48. The third-order valence-corrected chi connectivity index (χ3v) is 7.34. The molecule has 0 radical (unpaired) electrons. The van der Waals surface area contributed by atoms with Gasteiger partial charge >= 0.3 is 0 Å². The quantitative estimate of drug-likeness (QED) is 0.538. The Morgan fingerprint density at radius 2 is 1.55 bits per heavy atom. The summed E-state index contributed by atoms with van der Waals surface area (Å²) in [5, 5.41) is 0. The van der Waals surface area contributed by atoms with Crippen molar-refractivity contribution in [1.29, 1.82) is 0 Å². The number of Topliss-reactive ketones (excluding diaryl/α,β-unsaturated/α-hetero) is 3. The summed E-state index contributed by atoms with van der Waals surface area (Å²) >= 11 is 0. The van der Waals surface area contributed by atoms with Crippen LogP contribution in [0.2, 0.25) is 0 Å². The van der Waals surface area contributed by atoms with Crippen molar-refractivity contribution in [3.05, 3.63) is 107 Å². The van der Waals surface area contributed by atoms with Crippen LogP contribution in [0.15, 0.2) is 78.9 Å². The fraction of sp³-hybridized carbons (Fsp3) is 0.179. The van der Waals surface area contributed by atoms with Crippen LogP contribution in [-0.4, -0.2) is 29.4 Å². The highest BCUT2D eigenvalue weighted by Gasteiger charge is 2.71. The number of ketones is 3. The SMILES string of the molecule is CC(=O)[C@H]1[C@H](c2ccccc2)C2(C(=O)c3ccccc3C2=O)[C@@H]2C=Cc3cc(F)ccc3N21.